The van der Waals surface area contributed by atoms with E-state index in [4.69, 9.17) is 21.4 Å². The van der Waals surface area contributed by atoms with Gasteiger partial charge >= 0.3 is 0 Å². The third-order valence-corrected chi connectivity index (χ3v) is 2.34. The van der Waals surface area contributed by atoms with Gasteiger partial charge in [-0.2, -0.15) is 0 Å². The Bertz CT molecular complexity index is 364. The van der Waals surface area contributed by atoms with Gasteiger partial charge in [0.15, 0.2) is 0 Å². The smallest absolute Gasteiger partial charge is 0.141 e. The van der Waals surface area contributed by atoms with Crippen LogP contribution in [-0.4, -0.2) is 52.2 Å². The summed E-state index contributed by atoms with van der Waals surface area (Å²) in [5.74, 6) is -0.0669. The highest BCUT2D eigenvalue weighted by molar-refractivity contribution is 5.93. The molecule has 0 saturated heterocycles. The molecule has 5 N–H and O–H groups in total. The number of hydrogen-bond acceptors (Lipinski definition) is 5. The first-order valence-electron chi connectivity index (χ1n) is 5.40. The van der Waals surface area contributed by atoms with Crippen molar-refractivity contribution in [2.45, 2.75) is 6.54 Å². The van der Waals surface area contributed by atoms with Gasteiger partial charge in [-0.1, -0.05) is 0 Å². The Hall–Kier alpha value is -1.50. The van der Waals surface area contributed by atoms with Crippen LogP contribution in [0.3, 0.4) is 0 Å². The Balaban J connectivity index is 2.71. The second-order valence-corrected chi connectivity index (χ2v) is 3.69. The first kappa shape index (κ1) is 13.6. The summed E-state index contributed by atoms with van der Waals surface area (Å²) in [5, 5.41) is 25.1. The Kier molecular flexibility index (Phi) is 5.55. The van der Waals surface area contributed by atoms with Crippen LogP contribution in [0.25, 0.3) is 0 Å². The third kappa shape index (κ3) is 4.48. The third-order valence-electron chi connectivity index (χ3n) is 2.34. The van der Waals surface area contributed by atoms with E-state index in [2.05, 4.69) is 4.98 Å². The number of nitrogens with two attached hydrogens (primary N) is 1. The fourth-order valence-electron chi connectivity index (χ4n) is 1.53. The highest BCUT2D eigenvalue weighted by atomic mass is 16.3. The molecular formula is C11H18N4O2. The number of rotatable bonds is 7. The van der Waals surface area contributed by atoms with Crippen LogP contribution in [0.4, 0.5) is 0 Å². The molecule has 0 saturated carbocycles. The quantitative estimate of drug-likeness (QED) is 0.366. The van der Waals surface area contributed by atoms with Gasteiger partial charge in [0.25, 0.3) is 0 Å². The number of aliphatic hydroxyl groups is 2. The molecule has 0 atom stereocenters. The van der Waals surface area contributed by atoms with Crippen LogP contribution in [0.1, 0.15) is 11.3 Å². The minimum Gasteiger partial charge on any atom is -0.395 e. The zero-order valence-corrected chi connectivity index (χ0v) is 9.63. The van der Waals surface area contributed by atoms with Gasteiger partial charge in [-0.05, 0) is 17.7 Å². The van der Waals surface area contributed by atoms with Crippen molar-refractivity contribution in [3.05, 3.63) is 29.6 Å². The number of nitrogen functional groups attached to an aromatic ring is 1. The van der Waals surface area contributed by atoms with Crippen LogP contribution in [0.15, 0.2) is 18.3 Å². The van der Waals surface area contributed by atoms with E-state index in [0.29, 0.717) is 25.3 Å². The Morgan fingerprint density at radius 3 is 2.53 bits per heavy atom. The van der Waals surface area contributed by atoms with E-state index in [-0.39, 0.29) is 19.0 Å². The summed E-state index contributed by atoms with van der Waals surface area (Å²) in [5.41, 5.74) is 6.75. The van der Waals surface area contributed by atoms with Gasteiger partial charge in [0.2, 0.25) is 0 Å². The van der Waals surface area contributed by atoms with Crippen molar-refractivity contribution in [3.63, 3.8) is 0 Å². The minimum absolute atomic E-state index is 0.0463. The van der Waals surface area contributed by atoms with Gasteiger partial charge in [-0.25, -0.2) is 0 Å². The van der Waals surface area contributed by atoms with E-state index in [9.17, 15) is 0 Å². The van der Waals surface area contributed by atoms with Crippen LogP contribution in [0.2, 0.25) is 0 Å². The molecule has 0 bridgehead atoms. The number of amidine groups is 1. The number of aromatic nitrogens is 1. The van der Waals surface area contributed by atoms with Crippen molar-refractivity contribution >= 4 is 5.84 Å². The molecule has 1 heterocycles. The number of hydrogen-bond donors (Lipinski definition) is 4. The first-order chi connectivity index (χ1) is 8.17. The Morgan fingerprint density at radius 2 is 2.00 bits per heavy atom. The zero-order valence-electron chi connectivity index (χ0n) is 9.63. The summed E-state index contributed by atoms with van der Waals surface area (Å²) in [6, 6.07) is 3.57. The maximum atomic E-state index is 8.89. The number of nitrogens with one attached hydrogen (secondary N) is 1. The highest BCUT2D eigenvalue weighted by Gasteiger charge is 2.06. The molecular weight excluding hydrogens is 220 g/mol. The van der Waals surface area contributed by atoms with E-state index in [0.717, 1.165) is 5.56 Å². The lowest BCUT2D eigenvalue weighted by Crippen LogP contribution is -2.29. The van der Waals surface area contributed by atoms with Crippen molar-refractivity contribution in [3.8, 4) is 0 Å². The zero-order chi connectivity index (χ0) is 12.7. The van der Waals surface area contributed by atoms with Crippen LogP contribution in [0.5, 0.6) is 0 Å². The topological polar surface area (TPSA) is 106 Å². The maximum absolute atomic E-state index is 8.89. The molecule has 0 amide bonds. The standard InChI is InChI=1S/C11H18N4O2/c12-11(13)10-7-9(1-2-14-10)8-15(3-5-16)4-6-17/h1-2,7,16-17H,3-6,8H2,(H3,12,13). The van der Waals surface area contributed by atoms with Gasteiger partial charge in [0.05, 0.1) is 13.2 Å². The lowest BCUT2D eigenvalue weighted by atomic mass is 10.2. The van der Waals surface area contributed by atoms with Crippen LogP contribution >= 0.6 is 0 Å². The lowest BCUT2D eigenvalue weighted by Gasteiger charge is -2.20. The molecule has 6 nitrogen and oxygen atoms in total. The molecule has 0 fully saturated rings. The summed E-state index contributed by atoms with van der Waals surface area (Å²) in [4.78, 5) is 5.89. The SMILES string of the molecule is N=C(N)c1cc(CN(CCO)CCO)ccn1. The molecule has 0 aliphatic rings. The first-order valence-corrected chi connectivity index (χ1v) is 5.40. The van der Waals surface area contributed by atoms with Crippen LogP contribution in [0, 0.1) is 5.41 Å². The van der Waals surface area contributed by atoms with E-state index in [1.807, 2.05) is 11.0 Å². The van der Waals surface area contributed by atoms with Gasteiger partial charge < -0.3 is 15.9 Å². The van der Waals surface area contributed by atoms with Crippen molar-refractivity contribution in [2.24, 2.45) is 5.73 Å². The normalized spacial score (nSPS) is 10.8. The summed E-state index contributed by atoms with van der Waals surface area (Å²) in [6.45, 7) is 1.68. The van der Waals surface area contributed by atoms with E-state index < -0.39 is 0 Å². The lowest BCUT2D eigenvalue weighted by molar-refractivity contribution is 0.156. The van der Waals surface area contributed by atoms with Gasteiger partial charge in [0, 0.05) is 25.8 Å². The molecule has 0 aliphatic carbocycles. The molecule has 17 heavy (non-hydrogen) atoms. The largest absolute Gasteiger partial charge is 0.395 e. The van der Waals surface area contributed by atoms with Crippen LogP contribution in [-0.2, 0) is 6.54 Å². The Labute approximate surface area is 100 Å². The molecule has 0 aromatic carbocycles. The highest BCUT2D eigenvalue weighted by Crippen LogP contribution is 2.05. The summed E-state index contributed by atoms with van der Waals surface area (Å²) < 4.78 is 0. The second kappa shape index (κ2) is 6.95. The van der Waals surface area contributed by atoms with E-state index >= 15 is 0 Å². The van der Waals surface area contributed by atoms with Crippen molar-refractivity contribution < 1.29 is 10.2 Å². The summed E-state index contributed by atoms with van der Waals surface area (Å²) >= 11 is 0. The Morgan fingerprint density at radius 1 is 1.35 bits per heavy atom. The number of aliphatic hydroxyl groups excluding tert-OH is 2. The average molecular weight is 238 g/mol. The van der Waals surface area contributed by atoms with Gasteiger partial charge in [-0.3, -0.25) is 15.3 Å². The number of nitrogens with zero attached hydrogens (tertiary/aromatic N) is 2. The molecule has 94 valence electrons. The molecule has 6 heteroatoms. The second-order valence-electron chi connectivity index (χ2n) is 3.69. The molecule has 1 aromatic rings. The molecule has 0 unspecified atom stereocenters. The fraction of sp³-hybridized carbons (Fsp3) is 0.455. The summed E-state index contributed by atoms with van der Waals surface area (Å²) in [7, 11) is 0. The van der Waals surface area contributed by atoms with Gasteiger partial charge in [-0.15, -0.1) is 0 Å². The van der Waals surface area contributed by atoms with E-state index in [1.165, 1.54) is 0 Å². The van der Waals surface area contributed by atoms with Crippen molar-refractivity contribution in [1.82, 2.24) is 9.88 Å². The molecule has 0 spiro atoms. The fourth-order valence-corrected chi connectivity index (χ4v) is 1.53. The van der Waals surface area contributed by atoms with Crippen molar-refractivity contribution in [1.29, 1.82) is 5.41 Å². The molecule has 0 aliphatic heterocycles. The predicted octanol–water partition coefficient (Wildman–Crippen LogP) is -0.848. The van der Waals surface area contributed by atoms with Crippen LogP contribution < -0.4 is 5.73 Å². The molecule has 1 rings (SSSR count). The molecule has 1 aromatic heterocycles. The predicted molar refractivity (Wildman–Crippen MR) is 64.7 cm³/mol. The monoisotopic (exact) mass is 238 g/mol. The van der Waals surface area contributed by atoms with Gasteiger partial charge in [0.1, 0.15) is 11.5 Å². The van der Waals surface area contributed by atoms with E-state index in [1.54, 1.807) is 12.3 Å². The minimum atomic E-state index is -0.0669. The van der Waals surface area contributed by atoms with Crippen molar-refractivity contribution in [2.75, 3.05) is 26.3 Å². The average Bonchev–Trinajstić information content (AvgIpc) is 2.30. The maximum Gasteiger partial charge on any atom is 0.141 e. The number of pyridine rings is 1. The molecule has 0 radical (unpaired) electrons. The summed E-state index contributed by atoms with van der Waals surface area (Å²) in [6.07, 6.45) is 1.60.